The predicted octanol–water partition coefficient (Wildman–Crippen LogP) is 0.549. The predicted molar refractivity (Wildman–Crippen MR) is 76.4 cm³/mol. The van der Waals surface area contributed by atoms with Crippen LogP contribution in [0.15, 0.2) is 23.1 Å². The van der Waals surface area contributed by atoms with Gasteiger partial charge in [0.25, 0.3) is 0 Å². The molecule has 8 heteroatoms. The summed E-state index contributed by atoms with van der Waals surface area (Å²) >= 11 is 0. The summed E-state index contributed by atoms with van der Waals surface area (Å²) in [6, 6.07) is 2.99. The van der Waals surface area contributed by atoms with Crippen molar-refractivity contribution in [2.24, 2.45) is 0 Å². The van der Waals surface area contributed by atoms with Crippen molar-refractivity contribution < 1.29 is 23.4 Å². The Balaban J connectivity index is 2.35. The first kappa shape index (κ1) is 15.7. The van der Waals surface area contributed by atoms with E-state index in [0.29, 0.717) is 12.8 Å². The van der Waals surface area contributed by atoms with Crippen LogP contribution in [-0.4, -0.2) is 36.7 Å². The van der Waals surface area contributed by atoms with E-state index in [9.17, 15) is 18.3 Å². The van der Waals surface area contributed by atoms with Crippen LogP contribution in [0.1, 0.15) is 36.0 Å². The van der Waals surface area contributed by atoms with Crippen LogP contribution in [0, 0.1) is 0 Å². The summed E-state index contributed by atoms with van der Waals surface area (Å²) < 4.78 is 27.2. The SMILES string of the molecule is Nc1ccc(C(=O)O)c(S(=O)(=O)N[C@H]2CCCC[C@@H]2O)c1. The van der Waals surface area contributed by atoms with Crippen LogP contribution in [0.3, 0.4) is 0 Å². The van der Waals surface area contributed by atoms with Gasteiger partial charge in [-0.3, -0.25) is 0 Å². The highest BCUT2D eigenvalue weighted by molar-refractivity contribution is 7.89. The summed E-state index contributed by atoms with van der Waals surface area (Å²) in [5.41, 5.74) is 5.36. The van der Waals surface area contributed by atoms with Crippen molar-refractivity contribution in [1.82, 2.24) is 4.72 Å². The van der Waals surface area contributed by atoms with Crippen LogP contribution in [0.4, 0.5) is 5.69 Å². The van der Waals surface area contributed by atoms with E-state index in [1.54, 1.807) is 0 Å². The second-order valence-corrected chi connectivity index (χ2v) is 6.82. The molecule has 0 aromatic heterocycles. The normalized spacial score (nSPS) is 22.9. The number of carboxylic acid groups (broad SMARTS) is 1. The number of carbonyl (C=O) groups is 1. The Morgan fingerprint density at radius 2 is 1.95 bits per heavy atom. The lowest BCUT2D eigenvalue weighted by atomic mass is 9.93. The zero-order valence-electron chi connectivity index (χ0n) is 11.3. The highest BCUT2D eigenvalue weighted by Gasteiger charge is 2.30. The van der Waals surface area contributed by atoms with Crippen molar-refractivity contribution in [3.8, 4) is 0 Å². The van der Waals surface area contributed by atoms with E-state index in [0.717, 1.165) is 25.0 Å². The summed E-state index contributed by atoms with van der Waals surface area (Å²) in [6.45, 7) is 0. The van der Waals surface area contributed by atoms with E-state index < -0.39 is 28.1 Å². The molecule has 0 amide bonds. The largest absolute Gasteiger partial charge is 0.478 e. The van der Waals surface area contributed by atoms with Gasteiger partial charge < -0.3 is 15.9 Å². The minimum absolute atomic E-state index is 0.157. The minimum atomic E-state index is -4.06. The molecule has 116 valence electrons. The summed E-state index contributed by atoms with van der Waals surface area (Å²) in [7, 11) is -4.06. The van der Waals surface area contributed by atoms with Gasteiger partial charge >= 0.3 is 5.97 Å². The second-order valence-electron chi connectivity index (χ2n) is 5.14. The van der Waals surface area contributed by atoms with E-state index in [1.807, 2.05) is 0 Å². The first-order valence-electron chi connectivity index (χ1n) is 6.64. The van der Waals surface area contributed by atoms with Gasteiger partial charge in [-0.25, -0.2) is 17.9 Å². The van der Waals surface area contributed by atoms with E-state index in [4.69, 9.17) is 10.8 Å². The van der Waals surface area contributed by atoms with E-state index in [2.05, 4.69) is 4.72 Å². The first-order valence-corrected chi connectivity index (χ1v) is 8.13. The zero-order chi connectivity index (χ0) is 15.6. The number of anilines is 1. The number of hydrogen-bond donors (Lipinski definition) is 4. The van der Waals surface area contributed by atoms with Gasteiger partial charge in [-0.2, -0.15) is 0 Å². The number of carboxylic acids is 1. The molecule has 1 aliphatic carbocycles. The molecule has 0 unspecified atom stereocenters. The monoisotopic (exact) mass is 314 g/mol. The minimum Gasteiger partial charge on any atom is -0.478 e. The molecule has 0 spiro atoms. The summed E-state index contributed by atoms with van der Waals surface area (Å²) in [4.78, 5) is 10.8. The lowest BCUT2D eigenvalue weighted by Crippen LogP contribution is -2.45. The zero-order valence-corrected chi connectivity index (χ0v) is 12.1. The van der Waals surface area contributed by atoms with E-state index in [-0.39, 0.29) is 16.1 Å². The summed E-state index contributed by atoms with van der Waals surface area (Å²) in [5, 5.41) is 18.9. The van der Waals surface area contributed by atoms with Crippen molar-refractivity contribution in [3.05, 3.63) is 23.8 Å². The van der Waals surface area contributed by atoms with Crippen LogP contribution in [0.2, 0.25) is 0 Å². The number of benzene rings is 1. The Kier molecular flexibility index (Phi) is 4.50. The topological polar surface area (TPSA) is 130 Å². The molecule has 21 heavy (non-hydrogen) atoms. The third kappa shape index (κ3) is 3.52. The van der Waals surface area contributed by atoms with Gasteiger partial charge in [0.1, 0.15) is 0 Å². The number of aliphatic hydroxyl groups is 1. The van der Waals surface area contributed by atoms with Crippen LogP contribution >= 0.6 is 0 Å². The van der Waals surface area contributed by atoms with Gasteiger partial charge in [0.15, 0.2) is 0 Å². The molecule has 7 nitrogen and oxygen atoms in total. The quantitative estimate of drug-likeness (QED) is 0.600. The lowest BCUT2D eigenvalue weighted by molar-refractivity contribution is 0.0692. The fourth-order valence-electron chi connectivity index (χ4n) is 2.45. The molecular weight excluding hydrogens is 296 g/mol. The molecule has 0 saturated heterocycles. The Hall–Kier alpha value is -1.64. The Morgan fingerprint density at radius 3 is 2.57 bits per heavy atom. The van der Waals surface area contributed by atoms with Gasteiger partial charge in [-0.15, -0.1) is 0 Å². The van der Waals surface area contributed by atoms with Gasteiger partial charge in [0, 0.05) is 11.7 Å². The average molecular weight is 314 g/mol. The third-order valence-electron chi connectivity index (χ3n) is 3.56. The van der Waals surface area contributed by atoms with E-state index >= 15 is 0 Å². The summed E-state index contributed by atoms with van der Waals surface area (Å²) in [5.74, 6) is -1.35. The number of hydrogen-bond acceptors (Lipinski definition) is 5. The fourth-order valence-corrected chi connectivity index (χ4v) is 3.99. The van der Waals surface area contributed by atoms with Crippen molar-refractivity contribution in [2.45, 2.75) is 42.7 Å². The number of nitrogen functional groups attached to an aromatic ring is 1. The Morgan fingerprint density at radius 1 is 1.29 bits per heavy atom. The van der Waals surface area contributed by atoms with Crippen molar-refractivity contribution in [1.29, 1.82) is 0 Å². The van der Waals surface area contributed by atoms with Crippen LogP contribution < -0.4 is 10.5 Å². The van der Waals surface area contributed by atoms with Gasteiger partial charge in [0.05, 0.1) is 16.6 Å². The molecule has 2 rings (SSSR count). The lowest BCUT2D eigenvalue weighted by Gasteiger charge is -2.28. The maximum absolute atomic E-state index is 12.4. The number of nitrogens with two attached hydrogens (primary N) is 1. The number of rotatable bonds is 4. The standard InChI is InChI=1S/C13H18N2O5S/c14-8-5-6-9(13(17)18)12(7-8)21(19,20)15-10-3-1-2-4-11(10)16/h5-7,10-11,15-16H,1-4,14H2,(H,17,18)/t10-,11-/m0/s1. The number of aliphatic hydroxyl groups excluding tert-OH is 1. The molecule has 1 aliphatic rings. The highest BCUT2D eigenvalue weighted by atomic mass is 32.2. The highest BCUT2D eigenvalue weighted by Crippen LogP contribution is 2.23. The number of nitrogens with one attached hydrogen (secondary N) is 1. The van der Waals surface area contributed by atoms with Gasteiger partial charge in [-0.05, 0) is 31.0 Å². The maximum Gasteiger partial charge on any atom is 0.337 e. The molecule has 1 fully saturated rings. The molecule has 2 atom stereocenters. The molecule has 1 aromatic rings. The molecule has 1 saturated carbocycles. The van der Waals surface area contributed by atoms with Crippen LogP contribution in [0.5, 0.6) is 0 Å². The molecular formula is C13H18N2O5S. The van der Waals surface area contributed by atoms with Gasteiger partial charge in [0.2, 0.25) is 10.0 Å². The van der Waals surface area contributed by atoms with Crippen molar-refractivity contribution >= 4 is 21.7 Å². The fraction of sp³-hybridized carbons (Fsp3) is 0.462. The Bertz CT molecular complexity index is 644. The molecule has 0 heterocycles. The van der Waals surface area contributed by atoms with Crippen molar-refractivity contribution in [2.75, 3.05) is 5.73 Å². The summed E-state index contributed by atoms with van der Waals surface area (Å²) in [6.07, 6.45) is 1.94. The maximum atomic E-state index is 12.4. The third-order valence-corrected chi connectivity index (χ3v) is 5.09. The van der Waals surface area contributed by atoms with E-state index in [1.165, 1.54) is 6.07 Å². The molecule has 1 aromatic carbocycles. The van der Waals surface area contributed by atoms with Crippen LogP contribution in [-0.2, 0) is 10.0 Å². The average Bonchev–Trinajstić information content (AvgIpc) is 2.41. The molecule has 0 bridgehead atoms. The Labute approximate surface area is 122 Å². The molecule has 0 radical (unpaired) electrons. The van der Waals surface area contributed by atoms with Gasteiger partial charge in [-0.1, -0.05) is 12.8 Å². The number of aromatic carboxylic acids is 1. The first-order chi connectivity index (χ1) is 9.81. The second kappa shape index (κ2) is 6.00. The smallest absolute Gasteiger partial charge is 0.337 e. The number of sulfonamides is 1. The molecule has 5 N–H and O–H groups in total. The van der Waals surface area contributed by atoms with Crippen LogP contribution in [0.25, 0.3) is 0 Å². The van der Waals surface area contributed by atoms with Crippen molar-refractivity contribution in [3.63, 3.8) is 0 Å². The molecule has 0 aliphatic heterocycles.